The molecule has 0 spiro atoms. The molecule has 1 N–H and O–H groups in total. The third-order valence-electron chi connectivity index (χ3n) is 3.80. The van der Waals surface area contributed by atoms with Gasteiger partial charge in [0.05, 0.1) is 0 Å². The Balaban J connectivity index is 0.00000242. The molecule has 1 heterocycles. The van der Waals surface area contributed by atoms with Crippen LogP contribution in [-0.2, 0) is 0 Å². The predicted octanol–water partition coefficient (Wildman–Crippen LogP) is 4.27. The summed E-state index contributed by atoms with van der Waals surface area (Å²) >= 11 is 0. The fraction of sp³-hybridized carbons (Fsp3) is 0.600. The van der Waals surface area contributed by atoms with Crippen LogP contribution in [0.4, 0.5) is 17.6 Å². The van der Waals surface area contributed by atoms with Gasteiger partial charge in [-0.15, -0.1) is 24.8 Å². The van der Waals surface area contributed by atoms with Crippen molar-refractivity contribution in [2.45, 2.75) is 32.0 Å². The molecule has 0 unspecified atom stereocenters. The summed E-state index contributed by atoms with van der Waals surface area (Å²) in [6, 6.07) is 4.12. The number of hydrogen-bond acceptors (Lipinski definition) is 2. The van der Waals surface area contributed by atoms with E-state index in [9.17, 15) is 17.6 Å². The second kappa shape index (κ2) is 9.67. The van der Waals surface area contributed by atoms with Crippen LogP contribution in [0.15, 0.2) is 18.2 Å². The molecule has 1 saturated heterocycles. The van der Waals surface area contributed by atoms with Gasteiger partial charge in [-0.05, 0) is 19.4 Å². The van der Waals surface area contributed by atoms with Gasteiger partial charge in [-0.1, -0.05) is 17.7 Å². The molecule has 1 atom stereocenters. The van der Waals surface area contributed by atoms with E-state index in [1.807, 2.05) is 11.8 Å². The first-order chi connectivity index (χ1) is 9.87. The molecule has 0 aliphatic carbocycles. The normalized spacial score (nSPS) is 17.1. The van der Waals surface area contributed by atoms with Crippen LogP contribution in [0, 0.1) is 12.7 Å². The van der Waals surface area contributed by atoms with Crippen molar-refractivity contribution in [2.75, 3.05) is 26.2 Å². The van der Waals surface area contributed by atoms with Crippen LogP contribution in [0.3, 0.4) is 0 Å². The highest BCUT2D eigenvalue weighted by Gasteiger charge is 2.32. The Morgan fingerprint density at radius 2 is 1.78 bits per heavy atom. The first-order valence-corrected chi connectivity index (χ1v) is 7.14. The minimum atomic E-state index is -4.22. The van der Waals surface area contributed by atoms with E-state index in [2.05, 4.69) is 5.32 Å². The number of rotatable bonds is 4. The highest BCUT2D eigenvalue weighted by atomic mass is 35.5. The molecule has 0 radical (unpaired) electrons. The van der Waals surface area contributed by atoms with Gasteiger partial charge in [0.1, 0.15) is 5.82 Å². The number of hydrogen-bond donors (Lipinski definition) is 1. The standard InChI is InChI=1S/C15H20F4N2.2ClH/c1-11-2-3-13(16)12(10-11)14(4-5-15(17,18)19)21-8-6-20-7-9-21;;/h2-3,10,14,20H,4-9H2,1H3;2*1H/t14-;;/m0../s1. The van der Waals surface area contributed by atoms with Crippen molar-refractivity contribution in [3.8, 4) is 0 Å². The van der Waals surface area contributed by atoms with Crippen molar-refractivity contribution in [1.29, 1.82) is 0 Å². The Morgan fingerprint density at radius 1 is 1.17 bits per heavy atom. The maximum absolute atomic E-state index is 14.1. The number of piperazine rings is 1. The summed E-state index contributed by atoms with van der Waals surface area (Å²) in [5.74, 6) is -0.425. The number of nitrogens with one attached hydrogen (secondary N) is 1. The average Bonchev–Trinajstić information content (AvgIpc) is 2.43. The van der Waals surface area contributed by atoms with Gasteiger partial charge in [0.15, 0.2) is 0 Å². The minimum Gasteiger partial charge on any atom is -0.314 e. The molecule has 0 bridgehead atoms. The number of halogens is 6. The number of benzene rings is 1. The predicted molar refractivity (Wildman–Crippen MR) is 88.1 cm³/mol. The van der Waals surface area contributed by atoms with Crippen LogP contribution >= 0.6 is 24.8 Å². The minimum absolute atomic E-state index is 0. The van der Waals surface area contributed by atoms with E-state index in [0.29, 0.717) is 18.7 Å². The molecular formula is C15H22Cl2F4N2. The maximum atomic E-state index is 14.1. The summed E-state index contributed by atoms with van der Waals surface area (Å²) in [6.45, 7) is 4.53. The summed E-state index contributed by atoms with van der Waals surface area (Å²) in [5, 5.41) is 3.16. The van der Waals surface area contributed by atoms with E-state index in [-0.39, 0.29) is 31.2 Å². The van der Waals surface area contributed by atoms with Crippen LogP contribution in [0.2, 0.25) is 0 Å². The van der Waals surface area contributed by atoms with Crippen LogP contribution in [0.5, 0.6) is 0 Å². The molecule has 1 aliphatic rings. The van der Waals surface area contributed by atoms with Crippen molar-refractivity contribution in [3.63, 3.8) is 0 Å². The summed E-state index contributed by atoms with van der Waals surface area (Å²) < 4.78 is 51.7. The van der Waals surface area contributed by atoms with Crippen molar-refractivity contribution in [2.24, 2.45) is 0 Å². The van der Waals surface area contributed by atoms with Gasteiger partial charge in [-0.3, -0.25) is 4.90 Å². The zero-order valence-corrected chi connectivity index (χ0v) is 14.5. The van der Waals surface area contributed by atoms with Crippen LogP contribution in [0.1, 0.15) is 30.0 Å². The van der Waals surface area contributed by atoms with E-state index >= 15 is 0 Å². The molecule has 0 saturated carbocycles. The SMILES string of the molecule is Cc1ccc(F)c([C@H](CCC(F)(F)F)N2CCNCC2)c1.Cl.Cl. The molecule has 8 heteroatoms. The van der Waals surface area contributed by atoms with E-state index < -0.39 is 24.5 Å². The van der Waals surface area contributed by atoms with Gasteiger partial charge < -0.3 is 5.32 Å². The maximum Gasteiger partial charge on any atom is 0.389 e. The summed E-state index contributed by atoms with van der Waals surface area (Å²) in [4.78, 5) is 1.94. The molecule has 134 valence electrons. The second-order valence-corrected chi connectivity index (χ2v) is 5.48. The lowest BCUT2D eigenvalue weighted by Crippen LogP contribution is -2.45. The smallest absolute Gasteiger partial charge is 0.314 e. The lowest BCUT2D eigenvalue weighted by atomic mass is 9.97. The third kappa shape index (κ3) is 6.83. The van der Waals surface area contributed by atoms with Gasteiger partial charge in [-0.25, -0.2) is 4.39 Å². The molecule has 2 rings (SSSR count). The lowest BCUT2D eigenvalue weighted by Gasteiger charge is -2.35. The summed E-state index contributed by atoms with van der Waals surface area (Å²) in [5.41, 5.74) is 1.24. The van der Waals surface area contributed by atoms with Crippen molar-refractivity contribution in [1.82, 2.24) is 10.2 Å². The monoisotopic (exact) mass is 376 g/mol. The van der Waals surface area contributed by atoms with E-state index in [1.165, 1.54) is 6.07 Å². The molecule has 2 nitrogen and oxygen atoms in total. The zero-order valence-electron chi connectivity index (χ0n) is 12.8. The fourth-order valence-corrected chi connectivity index (χ4v) is 2.75. The highest BCUT2D eigenvalue weighted by molar-refractivity contribution is 5.85. The summed E-state index contributed by atoms with van der Waals surface area (Å²) in [6.07, 6.45) is -5.22. The lowest BCUT2D eigenvalue weighted by molar-refractivity contribution is -0.138. The number of alkyl halides is 3. The molecule has 23 heavy (non-hydrogen) atoms. The Labute approximate surface area is 146 Å². The Kier molecular flexibility index (Phi) is 9.43. The van der Waals surface area contributed by atoms with Crippen LogP contribution in [0.25, 0.3) is 0 Å². The molecule has 1 aromatic carbocycles. The topological polar surface area (TPSA) is 15.3 Å². The summed E-state index contributed by atoms with van der Waals surface area (Å²) in [7, 11) is 0. The first-order valence-electron chi connectivity index (χ1n) is 7.14. The largest absolute Gasteiger partial charge is 0.389 e. The van der Waals surface area contributed by atoms with E-state index in [4.69, 9.17) is 0 Å². The Hall–Kier alpha value is -0.560. The molecule has 1 aliphatic heterocycles. The Bertz CT molecular complexity index is 477. The van der Waals surface area contributed by atoms with Crippen molar-refractivity contribution < 1.29 is 17.6 Å². The molecular weight excluding hydrogens is 355 g/mol. The number of aryl methyl sites for hydroxylation is 1. The molecule has 1 fully saturated rings. The van der Waals surface area contributed by atoms with Crippen LogP contribution < -0.4 is 5.32 Å². The van der Waals surface area contributed by atoms with Gasteiger partial charge in [0.25, 0.3) is 0 Å². The van der Waals surface area contributed by atoms with Crippen molar-refractivity contribution in [3.05, 3.63) is 35.1 Å². The molecule has 1 aromatic rings. The quantitative estimate of drug-likeness (QED) is 0.789. The molecule has 0 aromatic heterocycles. The van der Waals surface area contributed by atoms with Crippen molar-refractivity contribution >= 4 is 24.8 Å². The first kappa shape index (κ1) is 22.4. The van der Waals surface area contributed by atoms with Gasteiger partial charge >= 0.3 is 6.18 Å². The number of nitrogens with zero attached hydrogens (tertiary/aromatic N) is 1. The van der Waals surface area contributed by atoms with Gasteiger partial charge in [0.2, 0.25) is 0 Å². The average molecular weight is 377 g/mol. The molecule has 0 amide bonds. The van der Waals surface area contributed by atoms with E-state index in [0.717, 1.165) is 18.7 Å². The third-order valence-corrected chi connectivity index (χ3v) is 3.80. The zero-order chi connectivity index (χ0) is 15.5. The Morgan fingerprint density at radius 3 is 2.35 bits per heavy atom. The highest BCUT2D eigenvalue weighted by Crippen LogP contribution is 2.33. The van der Waals surface area contributed by atoms with Crippen LogP contribution in [-0.4, -0.2) is 37.3 Å². The van der Waals surface area contributed by atoms with E-state index in [1.54, 1.807) is 12.1 Å². The fourth-order valence-electron chi connectivity index (χ4n) is 2.75. The second-order valence-electron chi connectivity index (χ2n) is 5.48. The van der Waals surface area contributed by atoms with Gasteiger partial charge in [-0.2, -0.15) is 13.2 Å². The van der Waals surface area contributed by atoms with Gasteiger partial charge in [0, 0.05) is 44.2 Å².